The first-order chi connectivity index (χ1) is 5.11. The fourth-order valence-corrected chi connectivity index (χ4v) is 0.835. The standard InChI is InChI=1S/C9H15NO/c1-6(2)8-5-10-9(11-8)7(3)4/h5-7H,1-4H3. The van der Waals surface area contributed by atoms with Crippen molar-refractivity contribution in [1.29, 1.82) is 0 Å². The number of nitrogens with zero attached hydrogens (tertiary/aromatic N) is 1. The zero-order chi connectivity index (χ0) is 8.43. The molecule has 0 aliphatic rings. The van der Waals surface area contributed by atoms with E-state index in [9.17, 15) is 0 Å². The lowest BCUT2D eigenvalue weighted by atomic mass is 10.2. The summed E-state index contributed by atoms with van der Waals surface area (Å²) in [5.41, 5.74) is 0. The van der Waals surface area contributed by atoms with Gasteiger partial charge in [0.05, 0.1) is 6.20 Å². The molecule has 1 aromatic heterocycles. The monoisotopic (exact) mass is 153 g/mol. The summed E-state index contributed by atoms with van der Waals surface area (Å²) >= 11 is 0. The zero-order valence-electron chi connectivity index (χ0n) is 7.59. The van der Waals surface area contributed by atoms with Gasteiger partial charge in [0.2, 0.25) is 0 Å². The number of rotatable bonds is 2. The highest BCUT2D eigenvalue weighted by atomic mass is 16.4. The second-order valence-electron chi connectivity index (χ2n) is 3.41. The molecule has 2 heteroatoms. The third-order valence-corrected chi connectivity index (χ3v) is 1.60. The van der Waals surface area contributed by atoms with Gasteiger partial charge in [-0.05, 0) is 0 Å². The maximum absolute atomic E-state index is 5.50. The molecule has 62 valence electrons. The summed E-state index contributed by atoms with van der Waals surface area (Å²) in [6.07, 6.45) is 1.82. The number of hydrogen-bond acceptors (Lipinski definition) is 2. The van der Waals surface area contributed by atoms with E-state index in [0.29, 0.717) is 11.8 Å². The summed E-state index contributed by atoms with van der Waals surface area (Å²) in [6, 6.07) is 0. The van der Waals surface area contributed by atoms with Crippen LogP contribution in [-0.4, -0.2) is 4.98 Å². The van der Waals surface area contributed by atoms with Gasteiger partial charge in [-0.2, -0.15) is 0 Å². The van der Waals surface area contributed by atoms with E-state index in [1.165, 1.54) is 0 Å². The molecule has 0 saturated carbocycles. The van der Waals surface area contributed by atoms with Gasteiger partial charge in [0, 0.05) is 11.8 Å². The van der Waals surface area contributed by atoms with Gasteiger partial charge in [-0.1, -0.05) is 27.7 Å². The van der Waals surface area contributed by atoms with Crippen LogP contribution in [0.25, 0.3) is 0 Å². The van der Waals surface area contributed by atoms with E-state index in [-0.39, 0.29) is 0 Å². The fraction of sp³-hybridized carbons (Fsp3) is 0.667. The first-order valence-corrected chi connectivity index (χ1v) is 4.07. The van der Waals surface area contributed by atoms with Crippen molar-refractivity contribution in [3.63, 3.8) is 0 Å². The quantitative estimate of drug-likeness (QED) is 0.653. The molecule has 0 aliphatic carbocycles. The minimum Gasteiger partial charge on any atom is -0.445 e. The highest BCUT2D eigenvalue weighted by molar-refractivity contribution is 5.00. The predicted molar refractivity (Wildman–Crippen MR) is 44.7 cm³/mol. The summed E-state index contributed by atoms with van der Waals surface area (Å²) in [6.45, 7) is 8.36. The summed E-state index contributed by atoms with van der Waals surface area (Å²) < 4.78 is 5.50. The topological polar surface area (TPSA) is 26.0 Å². The minimum atomic E-state index is 0.391. The van der Waals surface area contributed by atoms with Gasteiger partial charge in [0.1, 0.15) is 5.76 Å². The Hall–Kier alpha value is -0.790. The number of hydrogen-bond donors (Lipinski definition) is 0. The second-order valence-corrected chi connectivity index (χ2v) is 3.41. The number of oxazole rings is 1. The molecule has 1 heterocycles. The van der Waals surface area contributed by atoms with Gasteiger partial charge >= 0.3 is 0 Å². The average molecular weight is 153 g/mol. The van der Waals surface area contributed by atoms with Crippen molar-refractivity contribution in [2.75, 3.05) is 0 Å². The lowest BCUT2D eigenvalue weighted by molar-refractivity contribution is 0.422. The summed E-state index contributed by atoms with van der Waals surface area (Å²) in [5, 5.41) is 0. The molecule has 0 atom stereocenters. The van der Waals surface area contributed by atoms with Crippen molar-refractivity contribution in [3.05, 3.63) is 17.8 Å². The fourth-order valence-electron chi connectivity index (χ4n) is 0.835. The van der Waals surface area contributed by atoms with E-state index in [0.717, 1.165) is 11.7 Å². The molecule has 0 aliphatic heterocycles. The van der Waals surface area contributed by atoms with Crippen LogP contribution in [-0.2, 0) is 0 Å². The van der Waals surface area contributed by atoms with Crippen molar-refractivity contribution in [1.82, 2.24) is 4.98 Å². The molecule has 11 heavy (non-hydrogen) atoms. The van der Waals surface area contributed by atoms with Crippen molar-refractivity contribution in [2.45, 2.75) is 39.5 Å². The van der Waals surface area contributed by atoms with Crippen molar-refractivity contribution in [2.24, 2.45) is 0 Å². The molecule has 0 N–H and O–H groups in total. The average Bonchev–Trinajstić information content (AvgIpc) is 2.33. The van der Waals surface area contributed by atoms with E-state index in [1.54, 1.807) is 0 Å². The van der Waals surface area contributed by atoms with Crippen LogP contribution in [0, 0.1) is 0 Å². The Kier molecular flexibility index (Phi) is 2.32. The molecule has 0 fully saturated rings. The van der Waals surface area contributed by atoms with E-state index in [4.69, 9.17) is 4.42 Å². The third-order valence-electron chi connectivity index (χ3n) is 1.60. The molecular weight excluding hydrogens is 138 g/mol. The lowest BCUT2D eigenvalue weighted by Crippen LogP contribution is -1.85. The zero-order valence-corrected chi connectivity index (χ0v) is 7.59. The highest BCUT2D eigenvalue weighted by Crippen LogP contribution is 2.19. The molecule has 0 radical (unpaired) electrons. The Morgan fingerprint density at radius 2 is 1.82 bits per heavy atom. The summed E-state index contributed by atoms with van der Waals surface area (Å²) in [7, 11) is 0. The molecule has 2 nitrogen and oxygen atoms in total. The Balaban J connectivity index is 2.82. The molecular formula is C9H15NO. The van der Waals surface area contributed by atoms with E-state index in [2.05, 4.69) is 32.7 Å². The van der Waals surface area contributed by atoms with Crippen LogP contribution in [0.4, 0.5) is 0 Å². The Bertz CT molecular complexity index is 203. The van der Waals surface area contributed by atoms with Gasteiger partial charge < -0.3 is 4.42 Å². The highest BCUT2D eigenvalue weighted by Gasteiger charge is 2.09. The van der Waals surface area contributed by atoms with Crippen molar-refractivity contribution in [3.8, 4) is 0 Å². The van der Waals surface area contributed by atoms with E-state index < -0.39 is 0 Å². The predicted octanol–water partition coefficient (Wildman–Crippen LogP) is 2.92. The van der Waals surface area contributed by atoms with Gasteiger partial charge in [-0.15, -0.1) is 0 Å². The van der Waals surface area contributed by atoms with Gasteiger partial charge in [-0.3, -0.25) is 0 Å². The molecule has 0 bridgehead atoms. The normalized spacial score (nSPS) is 11.5. The smallest absolute Gasteiger partial charge is 0.196 e. The number of aromatic nitrogens is 1. The van der Waals surface area contributed by atoms with Crippen LogP contribution in [0.5, 0.6) is 0 Å². The molecule has 0 amide bonds. The Morgan fingerprint density at radius 3 is 2.09 bits per heavy atom. The summed E-state index contributed by atoms with van der Waals surface area (Å²) in [4.78, 5) is 4.17. The summed E-state index contributed by atoms with van der Waals surface area (Å²) in [5.74, 6) is 2.65. The van der Waals surface area contributed by atoms with Crippen LogP contribution in [0.3, 0.4) is 0 Å². The first-order valence-electron chi connectivity index (χ1n) is 4.07. The van der Waals surface area contributed by atoms with Crippen LogP contribution in [0.15, 0.2) is 10.6 Å². The van der Waals surface area contributed by atoms with E-state index >= 15 is 0 Å². The SMILES string of the molecule is CC(C)c1cnc(C(C)C)o1. The van der Waals surface area contributed by atoms with Gasteiger partial charge in [0.15, 0.2) is 5.89 Å². The minimum absolute atomic E-state index is 0.391. The van der Waals surface area contributed by atoms with Gasteiger partial charge in [0.25, 0.3) is 0 Å². The maximum atomic E-state index is 5.50. The largest absolute Gasteiger partial charge is 0.445 e. The second kappa shape index (κ2) is 3.07. The molecule has 0 aromatic carbocycles. The van der Waals surface area contributed by atoms with Crippen LogP contribution in [0.2, 0.25) is 0 Å². The van der Waals surface area contributed by atoms with Crippen LogP contribution in [0.1, 0.15) is 51.2 Å². The maximum Gasteiger partial charge on any atom is 0.196 e. The Labute approximate surface area is 67.6 Å². The third kappa shape index (κ3) is 1.82. The van der Waals surface area contributed by atoms with Crippen LogP contribution < -0.4 is 0 Å². The first kappa shape index (κ1) is 8.31. The molecule has 0 unspecified atom stereocenters. The van der Waals surface area contributed by atoms with Crippen molar-refractivity contribution >= 4 is 0 Å². The molecule has 1 rings (SSSR count). The molecule has 0 saturated heterocycles. The Morgan fingerprint density at radius 1 is 1.18 bits per heavy atom. The van der Waals surface area contributed by atoms with Crippen LogP contribution >= 0.6 is 0 Å². The molecule has 1 aromatic rings. The van der Waals surface area contributed by atoms with E-state index in [1.807, 2.05) is 6.20 Å². The van der Waals surface area contributed by atoms with Gasteiger partial charge in [-0.25, -0.2) is 4.98 Å². The van der Waals surface area contributed by atoms with Crippen molar-refractivity contribution < 1.29 is 4.42 Å². The lowest BCUT2D eigenvalue weighted by Gasteiger charge is -1.98. The molecule has 0 spiro atoms.